The van der Waals surface area contributed by atoms with Gasteiger partial charge < -0.3 is 19.9 Å². The number of fused-ring (bicyclic) bond motifs is 1. The van der Waals surface area contributed by atoms with E-state index in [2.05, 4.69) is 33.6 Å². The molecule has 240 valence electrons. The van der Waals surface area contributed by atoms with Crippen molar-refractivity contribution in [3.05, 3.63) is 84.6 Å². The van der Waals surface area contributed by atoms with E-state index in [0.717, 1.165) is 35.1 Å². The molecule has 0 bridgehead atoms. The highest BCUT2D eigenvalue weighted by Gasteiger charge is 2.24. The highest BCUT2D eigenvalue weighted by atomic mass is 32.2. The fraction of sp³-hybridized carbons (Fsp3) is 0. The first-order valence-electron chi connectivity index (χ1n) is 12.1. The summed E-state index contributed by atoms with van der Waals surface area (Å²) in [4.78, 5) is -2.54. The van der Waals surface area contributed by atoms with Crippen LogP contribution >= 0.6 is 0 Å². The van der Waals surface area contributed by atoms with Crippen molar-refractivity contribution in [1.82, 2.24) is 0 Å². The third-order valence-electron chi connectivity index (χ3n) is 6.15. The Balaban J connectivity index is 1.93. The van der Waals surface area contributed by atoms with E-state index >= 15 is 0 Å². The predicted octanol–water partition coefficient (Wildman–Crippen LogP) is 4.60. The number of azo groups is 2. The Morgan fingerprint density at radius 2 is 1.00 bits per heavy atom. The molecule has 20 heteroatoms. The lowest BCUT2D eigenvalue weighted by Gasteiger charge is -2.18. The topological polar surface area (TPSA) is 278 Å². The number of benzene rings is 4. The smallest absolute Gasteiger partial charge is 0.199 e. The van der Waals surface area contributed by atoms with Crippen molar-refractivity contribution < 1.29 is 47.9 Å². The first kappa shape index (κ1) is 34.0. The van der Waals surface area contributed by atoms with Crippen LogP contribution in [0.5, 0.6) is 5.75 Å². The molecule has 0 saturated heterocycles. The highest BCUT2D eigenvalue weighted by Crippen LogP contribution is 2.48. The molecule has 0 saturated carbocycles. The molecule has 0 aliphatic heterocycles. The summed E-state index contributed by atoms with van der Waals surface area (Å²) in [6.45, 7) is 6.42. The van der Waals surface area contributed by atoms with Crippen LogP contribution in [-0.2, 0) is 39.9 Å². The van der Waals surface area contributed by atoms with Gasteiger partial charge in [0, 0.05) is 10.8 Å². The van der Waals surface area contributed by atoms with E-state index in [0.29, 0.717) is 12.1 Å². The van der Waals surface area contributed by atoms with Crippen LogP contribution < -0.4 is 5.73 Å². The molecule has 0 aromatic heterocycles. The number of phenols is 1. The molecular formula is C26H19N5O11S4-2. The number of anilines is 1. The molecule has 4 rings (SSSR count). The van der Waals surface area contributed by atoms with Gasteiger partial charge in [-0.1, -0.05) is 13.2 Å². The highest BCUT2D eigenvalue weighted by molar-refractivity contribution is 7.94. The van der Waals surface area contributed by atoms with Crippen LogP contribution in [0.3, 0.4) is 0 Å². The van der Waals surface area contributed by atoms with Gasteiger partial charge in [0.1, 0.15) is 31.6 Å². The number of sulfone groups is 2. The molecule has 0 fully saturated rings. The molecule has 0 aliphatic carbocycles. The van der Waals surface area contributed by atoms with Gasteiger partial charge in [-0.3, -0.25) is 0 Å². The van der Waals surface area contributed by atoms with Crippen LogP contribution in [0.25, 0.3) is 10.8 Å². The van der Waals surface area contributed by atoms with E-state index in [4.69, 9.17) is 5.73 Å². The predicted molar refractivity (Wildman–Crippen MR) is 162 cm³/mol. The molecule has 0 unspecified atom stereocenters. The first-order valence-corrected chi connectivity index (χ1v) is 18.0. The quantitative estimate of drug-likeness (QED) is 0.130. The number of nitrogens with two attached hydrogens (primary N) is 1. The molecule has 0 radical (unpaired) electrons. The van der Waals surface area contributed by atoms with Crippen LogP contribution in [0.4, 0.5) is 28.4 Å². The lowest BCUT2D eigenvalue weighted by molar-refractivity contribution is 0.458. The molecule has 0 amide bonds. The van der Waals surface area contributed by atoms with Crippen LogP contribution in [0, 0.1) is 0 Å². The maximum absolute atomic E-state index is 12.1. The van der Waals surface area contributed by atoms with Gasteiger partial charge in [0.25, 0.3) is 0 Å². The average molecular weight is 706 g/mol. The Bertz CT molecular complexity index is 2260. The zero-order chi connectivity index (χ0) is 34.2. The van der Waals surface area contributed by atoms with Crippen molar-refractivity contribution in [3.8, 4) is 5.75 Å². The van der Waals surface area contributed by atoms with Crippen molar-refractivity contribution in [1.29, 1.82) is 0 Å². The second-order valence-electron chi connectivity index (χ2n) is 9.03. The maximum Gasteiger partial charge on any atom is 0.199 e. The van der Waals surface area contributed by atoms with Crippen molar-refractivity contribution in [2.75, 3.05) is 5.73 Å². The van der Waals surface area contributed by atoms with Crippen LogP contribution in [0.15, 0.2) is 125 Å². The van der Waals surface area contributed by atoms with E-state index in [-0.39, 0.29) is 21.2 Å². The second-order valence-corrected chi connectivity index (χ2v) is 15.5. The fourth-order valence-electron chi connectivity index (χ4n) is 3.91. The Morgan fingerprint density at radius 3 is 1.37 bits per heavy atom. The normalized spacial score (nSPS) is 13.0. The summed E-state index contributed by atoms with van der Waals surface area (Å²) in [6.07, 6.45) is 0. The van der Waals surface area contributed by atoms with Gasteiger partial charge in [0.05, 0.1) is 42.0 Å². The van der Waals surface area contributed by atoms with Gasteiger partial charge in [0.2, 0.25) is 0 Å². The summed E-state index contributed by atoms with van der Waals surface area (Å²) < 4.78 is 121. The molecular weight excluding hydrogens is 687 g/mol. The van der Waals surface area contributed by atoms with Crippen LogP contribution in [0.2, 0.25) is 0 Å². The van der Waals surface area contributed by atoms with Gasteiger partial charge in [-0.05, 0) is 66.0 Å². The number of nitrogen functional groups attached to an aromatic ring is 1. The molecule has 0 atom stereocenters. The van der Waals surface area contributed by atoms with Crippen LogP contribution in [-0.4, -0.2) is 47.9 Å². The summed E-state index contributed by atoms with van der Waals surface area (Å²) in [5, 5.41) is 26.5. The monoisotopic (exact) mass is 705 g/mol. The third-order valence-corrected chi connectivity index (χ3v) is 10.6. The Morgan fingerprint density at radius 1 is 0.630 bits per heavy atom. The van der Waals surface area contributed by atoms with Gasteiger partial charge in [-0.25, -0.2) is 33.7 Å². The molecule has 0 aliphatic rings. The number of hydrogen-bond donors (Lipinski definition) is 2. The van der Waals surface area contributed by atoms with E-state index < -0.39 is 83.3 Å². The second kappa shape index (κ2) is 12.2. The maximum atomic E-state index is 12.1. The zero-order valence-electron chi connectivity index (χ0n) is 22.9. The number of nitrogens with zero attached hydrogens (tertiary/aromatic N) is 4. The molecule has 16 nitrogen and oxygen atoms in total. The van der Waals surface area contributed by atoms with Crippen molar-refractivity contribution in [2.45, 2.75) is 19.6 Å². The van der Waals surface area contributed by atoms with E-state index in [1.165, 1.54) is 24.3 Å². The molecule has 0 heterocycles. The minimum atomic E-state index is -5.43. The van der Waals surface area contributed by atoms with E-state index in [9.17, 15) is 47.9 Å². The summed E-state index contributed by atoms with van der Waals surface area (Å²) in [5.41, 5.74) is 3.67. The Hall–Kier alpha value is -4.86. The van der Waals surface area contributed by atoms with Gasteiger partial charge in [-0.2, -0.15) is 10.2 Å². The summed E-state index contributed by atoms with van der Waals surface area (Å²) in [7, 11) is -18.4. The number of phenolic OH excluding ortho intramolecular Hbond substituents is 1. The number of hydrogen-bond acceptors (Lipinski definition) is 16. The summed E-state index contributed by atoms with van der Waals surface area (Å²) >= 11 is 0. The summed E-state index contributed by atoms with van der Waals surface area (Å²) in [5.74, 6) is -1.07. The van der Waals surface area contributed by atoms with Crippen molar-refractivity contribution in [2.24, 2.45) is 20.5 Å². The van der Waals surface area contributed by atoms with Gasteiger partial charge in [-0.15, -0.1) is 10.2 Å². The van der Waals surface area contributed by atoms with Gasteiger partial charge in [0.15, 0.2) is 25.4 Å². The Kier molecular flexibility index (Phi) is 8.99. The molecule has 4 aromatic carbocycles. The Labute approximate surface area is 262 Å². The number of aromatic hydroxyl groups is 1. The third kappa shape index (κ3) is 6.85. The standard InChI is InChI=1S/C26H21N5O11S4/c1-3-43(33,34)18-9-5-16(6-10-18)28-30-24-20(45(37,38)39)13-15-14-21(46(40,41)42)25(26(32)22(15)23(24)27)31-29-17-7-11-19(12-8-17)44(35,36)4-2/h3-14,32H,1-2,27H2,(H,37,38,39)(H,40,41,42)/p-2. The van der Waals surface area contributed by atoms with E-state index in [1.807, 2.05) is 0 Å². The molecule has 3 N–H and O–H groups in total. The number of rotatable bonds is 10. The van der Waals surface area contributed by atoms with Crippen LogP contribution in [0.1, 0.15) is 0 Å². The first-order chi connectivity index (χ1) is 21.3. The minimum absolute atomic E-state index is 0.0184. The molecule has 0 spiro atoms. The zero-order valence-corrected chi connectivity index (χ0v) is 26.1. The summed E-state index contributed by atoms with van der Waals surface area (Å²) in [6, 6.07) is 10.6. The molecule has 4 aromatic rings. The van der Waals surface area contributed by atoms with Crippen molar-refractivity contribution >= 4 is 79.1 Å². The lowest BCUT2D eigenvalue weighted by atomic mass is 10.1. The SMILES string of the molecule is C=CS(=O)(=O)c1ccc(N=Nc2c(S(=O)(=O)[O-])cc3cc(S(=O)(=O)[O-])c(N=Nc4ccc(S(=O)(=O)C=C)cc4)c(O)c3c2N)cc1. The fourth-order valence-corrected chi connectivity index (χ4v) is 6.63. The van der Waals surface area contributed by atoms with E-state index in [1.54, 1.807) is 0 Å². The minimum Gasteiger partial charge on any atom is -0.744 e. The van der Waals surface area contributed by atoms with Gasteiger partial charge >= 0.3 is 0 Å². The average Bonchev–Trinajstić information content (AvgIpc) is 2.99. The lowest BCUT2D eigenvalue weighted by Crippen LogP contribution is -2.04. The largest absolute Gasteiger partial charge is 0.744 e. The van der Waals surface area contributed by atoms with Crippen molar-refractivity contribution in [3.63, 3.8) is 0 Å². The molecule has 46 heavy (non-hydrogen) atoms.